The van der Waals surface area contributed by atoms with Gasteiger partial charge in [-0.3, -0.25) is 9.89 Å². The Morgan fingerprint density at radius 3 is 2.47 bits per heavy atom. The predicted octanol–water partition coefficient (Wildman–Crippen LogP) is 2.18. The van der Waals surface area contributed by atoms with Crippen LogP contribution in [0, 0.1) is 5.92 Å². The Labute approximate surface area is 181 Å². The molecule has 2 fully saturated rings. The highest BCUT2D eigenvalue weighted by Crippen LogP contribution is 2.24. The normalized spacial score (nSPS) is 23.0. The van der Waals surface area contributed by atoms with Gasteiger partial charge in [0.05, 0.1) is 14.2 Å². The minimum atomic E-state index is 0.420. The van der Waals surface area contributed by atoms with E-state index in [0.717, 1.165) is 56.0 Å². The standard InChI is InChI=1S/C23H39N5O2/c1-5-8-27-9-6-18(15-27)14-25-23(24-2)26-20-7-10-28(17-20)16-19-11-21(29-3)13-22(12-19)30-4/h11-13,18,20H,5-10,14-17H2,1-4H3,(H2,24,25,26). The molecule has 168 valence electrons. The summed E-state index contributed by atoms with van der Waals surface area (Å²) < 4.78 is 10.8. The topological polar surface area (TPSA) is 61.4 Å². The van der Waals surface area contributed by atoms with Crippen molar-refractivity contribution >= 4 is 5.96 Å². The SMILES string of the molecule is CCCN1CCC(CNC(=NC)NC2CCN(Cc3cc(OC)cc(OC)c3)C2)C1. The van der Waals surface area contributed by atoms with Gasteiger partial charge in [-0.2, -0.15) is 0 Å². The second-order valence-electron chi connectivity index (χ2n) is 8.49. The second-order valence-corrected chi connectivity index (χ2v) is 8.49. The number of methoxy groups -OCH3 is 2. The lowest BCUT2D eigenvalue weighted by molar-refractivity contribution is 0.321. The van der Waals surface area contributed by atoms with Crippen molar-refractivity contribution in [3.05, 3.63) is 23.8 Å². The lowest BCUT2D eigenvalue weighted by atomic mass is 10.1. The van der Waals surface area contributed by atoms with E-state index >= 15 is 0 Å². The van der Waals surface area contributed by atoms with Gasteiger partial charge in [0.15, 0.2) is 5.96 Å². The third-order valence-electron chi connectivity index (χ3n) is 6.12. The zero-order valence-corrected chi connectivity index (χ0v) is 19.1. The van der Waals surface area contributed by atoms with E-state index in [1.807, 2.05) is 13.1 Å². The highest BCUT2D eigenvalue weighted by Gasteiger charge is 2.25. The average Bonchev–Trinajstić information content (AvgIpc) is 3.40. The summed E-state index contributed by atoms with van der Waals surface area (Å²) in [5, 5.41) is 7.18. The van der Waals surface area contributed by atoms with Crippen LogP contribution in [-0.4, -0.2) is 82.3 Å². The third kappa shape index (κ3) is 6.51. The highest BCUT2D eigenvalue weighted by molar-refractivity contribution is 5.80. The Bertz CT molecular complexity index is 674. The number of likely N-dealkylation sites (tertiary alicyclic amines) is 2. The Kier molecular flexibility index (Phi) is 8.63. The monoisotopic (exact) mass is 417 g/mol. The first-order valence-electron chi connectivity index (χ1n) is 11.3. The van der Waals surface area contributed by atoms with Gasteiger partial charge in [0.1, 0.15) is 11.5 Å². The summed E-state index contributed by atoms with van der Waals surface area (Å²) in [6.45, 7) is 9.90. The lowest BCUT2D eigenvalue weighted by Gasteiger charge is -2.21. The van der Waals surface area contributed by atoms with Crippen LogP contribution in [0.15, 0.2) is 23.2 Å². The zero-order chi connectivity index (χ0) is 21.3. The summed E-state index contributed by atoms with van der Waals surface area (Å²) in [6.07, 6.45) is 3.64. The number of nitrogens with zero attached hydrogens (tertiary/aromatic N) is 3. The molecule has 2 aliphatic rings. The maximum Gasteiger partial charge on any atom is 0.191 e. The maximum absolute atomic E-state index is 5.40. The van der Waals surface area contributed by atoms with Crippen LogP contribution in [0.4, 0.5) is 0 Å². The van der Waals surface area contributed by atoms with Crippen LogP contribution in [-0.2, 0) is 6.54 Å². The van der Waals surface area contributed by atoms with Crippen LogP contribution in [0.5, 0.6) is 11.5 Å². The van der Waals surface area contributed by atoms with Crippen molar-refractivity contribution in [2.75, 3.05) is 60.5 Å². The molecule has 7 nitrogen and oxygen atoms in total. The summed E-state index contributed by atoms with van der Waals surface area (Å²) in [6, 6.07) is 6.52. The van der Waals surface area contributed by atoms with Gasteiger partial charge < -0.3 is 25.0 Å². The molecule has 1 aromatic carbocycles. The molecule has 0 bridgehead atoms. The van der Waals surface area contributed by atoms with E-state index in [9.17, 15) is 0 Å². The molecule has 7 heteroatoms. The number of benzene rings is 1. The molecule has 0 radical (unpaired) electrons. The van der Waals surface area contributed by atoms with Crippen LogP contribution < -0.4 is 20.1 Å². The molecular formula is C23H39N5O2. The maximum atomic E-state index is 5.40. The first kappa shape index (κ1) is 22.7. The van der Waals surface area contributed by atoms with Crippen molar-refractivity contribution in [3.8, 4) is 11.5 Å². The molecule has 0 aliphatic carbocycles. The third-order valence-corrected chi connectivity index (χ3v) is 6.12. The number of nitrogens with one attached hydrogen (secondary N) is 2. The van der Waals surface area contributed by atoms with E-state index in [2.05, 4.69) is 44.5 Å². The molecular weight excluding hydrogens is 378 g/mol. The van der Waals surface area contributed by atoms with Gasteiger partial charge in [0.25, 0.3) is 0 Å². The zero-order valence-electron chi connectivity index (χ0n) is 19.1. The van der Waals surface area contributed by atoms with Gasteiger partial charge in [0.2, 0.25) is 0 Å². The van der Waals surface area contributed by atoms with Crippen LogP contribution in [0.3, 0.4) is 0 Å². The fourth-order valence-corrected chi connectivity index (χ4v) is 4.54. The van der Waals surface area contributed by atoms with Gasteiger partial charge in [-0.05, 0) is 56.0 Å². The van der Waals surface area contributed by atoms with Crippen LogP contribution in [0.25, 0.3) is 0 Å². The number of ether oxygens (including phenoxy) is 2. The Morgan fingerprint density at radius 2 is 1.80 bits per heavy atom. The van der Waals surface area contributed by atoms with E-state index in [4.69, 9.17) is 9.47 Å². The number of hydrogen-bond donors (Lipinski definition) is 2. The summed E-state index contributed by atoms with van der Waals surface area (Å²) in [5.41, 5.74) is 1.22. The molecule has 3 rings (SSSR count). The molecule has 1 aromatic rings. The Hall–Kier alpha value is -1.99. The van der Waals surface area contributed by atoms with E-state index in [1.54, 1.807) is 14.2 Å². The van der Waals surface area contributed by atoms with E-state index in [-0.39, 0.29) is 0 Å². The number of rotatable bonds is 9. The van der Waals surface area contributed by atoms with Crippen molar-refractivity contribution < 1.29 is 9.47 Å². The number of guanidine groups is 1. The summed E-state index contributed by atoms with van der Waals surface area (Å²) >= 11 is 0. The fraction of sp³-hybridized carbons (Fsp3) is 0.696. The van der Waals surface area contributed by atoms with Gasteiger partial charge >= 0.3 is 0 Å². The Morgan fingerprint density at radius 1 is 1.07 bits per heavy atom. The van der Waals surface area contributed by atoms with E-state index in [0.29, 0.717) is 6.04 Å². The van der Waals surface area contributed by atoms with Gasteiger partial charge in [-0.25, -0.2) is 0 Å². The van der Waals surface area contributed by atoms with Crippen LogP contribution in [0.1, 0.15) is 31.7 Å². The number of aliphatic imine (C=N–C) groups is 1. The molecule has 2 saturated heterocycles. The largest absolute Gasteiger partial charge is 0.497 e. The smallest absolute Gasteiger partial charge is 0.191 e. The quantitative estimate of drug-likeness (QED) is 0.474. The van der Waals surface area contributed by atoms with Crippen LogP contribution >= 0.6 is 0 Å². The minimum absolute atomic E-state index is 0.420. The molecule has 0 amide bonds. The highest BCUT2D eigenvalue weighted by atomic mass is 16.5. The second kappa shape index (κ2) is 11.4. The van der Waals surface area contributed by atoms with Crippen molar-refractivity contribution in [1.29, 1.82) is 0 Å². The molecule has 2 N–H and O–H groups in total. The van der Waals surface area contributed by atoms with Gasteiger partial charge in [-0.1, -0.05) is 6.92 Å². The first-order valence-corrected chi connectivity index (χ1v) is 11.3. The average molecular weight is 418 g/mol. The minimum Gasteiger partial charge on any atom is -0.497 e. The fourth-order valence-electron chi connectivity index (χ4n) is 4.54. The lowest BCUT2D eigenvalue weighted by Crippen LogP contribution is -2.46. The molecule has 2 unspecified atom stereocenters. The summed E-state index contributed by atoms with van der Waals surface area (Å²) in [4.78, 5) is 9.50. The predicted molar refractivity (Wildman–Crippen MR) is 123 cm³/mol. The van der Waals surface area contributed by atoms with E-state index < -0.39 is 0 Å². The van der Waals surface area contributed by atoms with Gasteiger partial charge in [0, 0.05) is 51.9 Å². The van der Waals surface area contributed by atoms with Crippen molar-refractivity contribution in [1.82, 2.24) is 20.4 Å². The Balaban J connectivity index is 1.43. The van der Waals surface area contributed by atoms with E-state index in [1.165, 1.54) is 38.0 Å². The first-order chi connectivity index (χ1) is 14.6. The van der Waals surface area contributed by atoms with Gasteiger partial charge in [-0.15, -0.1) is 0 Å². The molecule has 2 aliphatic heterocycles. The van der Waals surface area contributed by atoms with Crippen molar-refractivity contribution in [3.63, 3.8) is 0 Å². The summed E-state index contributed by atoms with van der Waals surface area (Å²) in [7, 11) is 5.25. The van der Waals surface area contributed by atoms with Crippen molar-refractivity contribution in [2.24, 2.45) is 10.9 Å². The van der Waals surface area contributed by atoms with Crippen molar-refractivity contribution in [2.45, 2.75) is 38.8 Å². The molecule has 30 heavy (non-hydrogen) atoms. The molecule has 0 saturated carbocycles. The molecule has 2 atom stereocenters. The molecule has 0 spiro atoms. The summed E-state index contributed by atoms with van der Waals surface area (Å²) in [5.74, 6) is 3.33. The molecule has 2 heterocycles. The number of hydrogen-bond acceptors (Lipinski definition) is 5. The van der Waals surface area contributed by atoms with Crippen LogP contribution in [0.2, 0.25) is 0 Å². The molecule has 0 aromatic heterocycles.